The maximum atomic E-state index is 12.6. The van der Waals surface area contributed by atoms with Gasteiger partial charge in [-0.15, -0.1) is 0 Å². The third-order valence-electron chi connectivity index (χ3n) is 5.05. The predicted octanol–water partition coefficient (Wildman–Crippen LogP) is 1.72. The van der Waals surface area contributed by atoms with Crippen molar-refractivity contribution in [3.8, 4) is 11.4 Å². The SMILES string of the molecule is CN1CCN(c2c(NCc3ccc(-c4noc(C(F)(F)F)n4)cc3)c(=O)c2=O)CC1. The number of likely N-dealkylation sites (N-methyl/N-ethyl adjacent to an activating group) is 1. The maximum Gasteiger partial charge on any atom is 0.471 e. The van der Waals surface area contributed by atoms with Crippen LogP contribution in [0, 0.1) is 0 Å². The molecule has 1 aliphatic heterocycles. The van der Waals surface area contributed by atoms with Crippen LogP contribution in [0.2, 0.25) is 0 Å². The Morgan fingerprint density at radius 1 is 1.07 bits per heavy atom. The van der Waals surface area contributed by atoms with Gasteiger partial charge in [-0.05, 0) is 12.6 Å². The molecule has 2 aromatic carbocycles. The van der Waals surface area contributed by atoms with Crippen molar-refractivity contribution in [3.05, 3.63) is 56.2 Å². The Morgan fingerprint density at radius 2 is 1.73 bits per heavy atom. The predicted molar refractivity (Wildman–Crippen MR) is 103 cm³/mol. The number of nitrogens with zero attached hydrogens (tertiary/aromatic N) is 4. The van der Waals surface area contributed by atoms with Crippen molar-refractivity contribution in [1.82, 2.24) is 15.0 Å². The third-order valence-corrected chi connectivity index (χ3v) is 5.05. The molecular formula is C19H18F3N5O3. The monoisotopic (exact) mass is 421 g/mol. The second-order valence-electron chi connectivity index (χ2n) is 7.14. The normalized spacial score (nSPS) is 15.7. The maximum absolute atomic E-state index is 12.6. The van der Waals surface area contributed by atoms with Crippen molar-refractivity contribution < 1.29 is 17.7 Å². The Balaban J connectivity index is 1.43. The highest BCUT2D eigenvalue weighted by Gasteiger charge is 2.38. The molecule has 0 unspecified atom stereocenters. The first-order valence-electron chi connectivity index (χ1n) is 9.25. The first-order valence-corrected chi connectivity index (χ1v) is 9.25. The van der Waals surface area contributed by atoms with Crippen molar-refractivity contribution in [2.45, 2.75) is 12.7 Å². The van der Waals surface area contributed by atoms with Gasteiger partial charge in [0.05, 0.1) is 0 Å². The number of hydrogen-bond donors (Lipinski definition) is 1. The molecule has 158 valence electrons. The molecule has 1 aliphatic rings. The van der Waals surface area contributed by atoms with Crippen molar-refractivity contribution in [2.24, 2.45) is 0 Å². The summed E-state index contributed by atoms with van der Waals surface area (Å²) < 4.78 is 42.0. The number of piperazine rings is 1. The number of aromatic nitrogens is 2. The van der Waals surface area contributed by atoms with Crippen LogP contribution in [0.1, 0.15) is 11.5 Å². The Labute approximate surface area is 168 Å². The van der Waals surface area contributed by atoms with Crippen LogP contribution in [0.25, 0.3) is 11.4 Å². The molecule has 0 radical (unpaired) electrons. The van der Waals surface area contributed by atoms with E-state index in [2.05, 4.69) is 24.9 Å². The minimum absolute atomic E-state index is 0.165. The van der Waals surface area contributed by atoms with E-state index in [1.807, 2.05) is 11.9 Å². The molecule has 30 heavy (non-hydrogen) atoms. The zero-order chi connectivity index (χ0) is 21.5. The van der Waals surface area contributed by atoms with Crippen LogP contribution in [0.3, 0.4) is 0 Å². The van der Waals surface area contributed by atoms with E-state index in [0.29, 0.717) is 30.0 Å². The van der Waals surface area contributed by atoms with E-state index in [9.17, 15) is 22.8 Å². The molecule has 0 bridgehead atoms. The van der Waals surface area contributed by atoms with Gasteiger partial charge < -0.3 is 19.6 Å². The highest BCUT2D eigenvalue weighted by molar-refractivity contribution is 5.75. The number of hydrogen-bond acceptors (Lipinski definition) is 8. The topological polar surface area (TPSA) is 91.6 Å². The average molecular weight is 421 g/mol. The minimum Gasteiger partial charge on any atom is -0.376 e. The van der Waals surface area contributed by atoms with Crippen LogP contribution in [0.4, 0.5) is 24.5 Å². The average Bonchev–Trinajstić information content (AvgIpc) is 3.23. The zero-order valence-electron chi connectivity index (χ0n) is 16.0. The second kappa shape index (κ2) is 7.56. The fraction of sp³-hybridized carbons (Fsp3) is 0.368. The fourth-order valence-corrected chi connectivity index (χ4v) is 3.29. The number of benzene rings is 1. The highest BCUT2D eigenvalue weighted by atomic mass is 19.4. The molecule has 8 nitrogen and oxygen atoms in total. The first kappa shape index (κ1) is 20.1. The molecule has 1 saturated heterocycles. The number of anilines is 2. The summed E-state index contributed by atoms with van der Waals surface area (Å²) in [7, 11) is 2.00. The zero-order valence-corrected chi connectivity index (χ0v) is 16.0. The largest absolute Gasteiger partial charge is 0.471 e. The van der Waals surface area contributed by atoms with Crippen LogP contribution in [-0.2, 0) is 12.7 Å². The Bertz CT molecular complexity index is 1110. The van der Waals surface area contributed by atoms with Crippen LogP contribution >= 0.6 is 0 Å². The van der Waals surface area contributed by atoms with E-state index in [4.69, 9.17) is 0 Å². The summed E-state index contributed by atoms with van der Waals surface area (Å²) in [6.45, 7) is 3.26. The van der Waals surface area contributed by atoms with Crippen molar-refractivity contribution in [1.29, 1.82) is 0 Å². The Hall–Kier alpha value is -3.21. The molecule has 0 atom stereocenters. The summed E-state index contributed by atoms with van der Waals surface area (Å²) in [5.41, 5.74) is 0.862. The smallest absolute Gasteiger partial charge is 0.376 e. The number of nitrogens with one attached hydrogen (secondary N) is 1. The van der Waals surface area contributed by atoms with Gasteiger partial charge in [0.2, 0.25) is 5.82 Å². The number of halogens is 3. The van der Waals surface area contributed by atoms with Crippen LogP contribution in [-0.4, -0.2) is 48.3 Å². The van der Waals surface area contributed by atoms with Gasteiger partial charge in [0, 0.05) is 38.3 Å². The summed E-state index contributed by atoms with van der Waals surface area (Å²) in [4.78, 5) is 31.4. The molecule has 0 saturated carbocycles. The van der Waals surface area contributed by atoms with Crippen LogP contribution in [0.5, 0.6) is 0 Å². The highest BCUT2D eigenvalue weighted by Crippen LogP contribution is 2.29. The molecule has 4 rings (SSSR count). The van der Waals surface area contributed by atoms with Gasteiger partial charge >= 0.3 is 12.1 Å². The van der Waals surface area contributed by atoms with E-state index in [1.165, 1.54) is 0 Å². The van der Waals surface area contributed by atoms with Crippen molar-refractivity contribution in [2.75, 3.05) is 43.4 Å². The van der Waals surface area contributed by atoms with Crippen LogP contribution in [0.15, 0.2) is 38.4 Å². The van der Waals surface area contributed by atoms with Crippen molar-refractivity contribution in [3.63, 3.8) is 0 Å². The molecule has 3 aromatic rings. The molecule has 1 N–H and O–H groups in total. The van der Waals surface area contributed by atoms with Gasteiger partial charge in [0.25, 0.3) is 10.9 Å². The number of alkyl halides is 3. The van der Waals surface area contributed by atoms with Gasteiger partial charge in [-0.1, -0.05) is 29.4 Å². The summed E-state index contributed by atoms with van der Waals surface area (Å²) >= 11 is 0. The summed E-state index contributed by atoms with van der Waals surface area (Å²) in [6, 6.07) is 6.47. The standard InChI is InChI=1S/C19H18F3N5O3/c1-26-6-8-27(9-7-26)14-13(15(28)16(14)29)23-10-11-2-4-12(5-3-11)17-24-18(30-25-17)19(20,21)22/h2-5,23H,6-10H2,1H3. The van der Waals surface area contributed by atoms with Gasteiger partial charge in [-0.2, -0.15) is 18.2 Å². The van der Waals surface area contributed by atoms with Crippen LogP contribution < -0.4 is 21.1 Å². The Kier molecular flexibility index (Phi) is 5.06. The summed E-state index contributed by atoms with van der Waals surface area (Å²) in [5.74, 6) is -1.57. The molecule has 1 aromatic heterocycles. The van der Waals surface area contributed by atoms with Gasteiger partial charge in [-0.3, -0.25) is 9.59 Å². The molecule has 1 fully saturated rings. The van der Waals surface area contributed by atoms with Crippen molar-refractivity contribution >= 4 is 11.4 Å². The summed E-state index contributed by atoms with van der Waals surface area (Å²) in [6.07, 6.45) is -4.70. The van der Waals surface area contributed by atoms with E-state index in [0.717, 1.165) is 18.7 Å². The first-order chi connectivity index (χ1) is 14.2. The lowest BCUT2D eigenvalue weighted by Crippen LogP contribution is -2.50. The molecular weight excluding hydrogens is 403 g/mol. The third kappa shape index (κ3) is 3.80. The molecule has 0 spiro atoms. The number of rotatable bonds is 5. The molecule has 2 heterocycles. The quantitative estimate of drug-likeness (QED) is 0.623. The lowest BCUT2D eigenvalue weighted by Gasteiger charge is -2.35. The van der Waals surface area contributed by atoms with Gasteiger partial charge in [0.1, 0.15) is 11.4 Å². The van der Waals surface area contributed by atoms with E-state index < -0.39 is 22.9 Å². The van der Waals surface area contributed by atoms with Gasteiger partial charge in [0.15, 0.2) is 0 Å². The Morgan fingerprint density at radius 3 is 2.33 bits per heavy atom. The fourth-order valence-electron chi connectivity index (χ4n) is 3.29. The molecule has 0 amide bonds. The summed E-state index contributed by atoms with van der Waals surface area (Å²) in [5, 5.41) is 6.36. The van der Waals surface area contributed by atoms with E-state index >= 15 is 0 Å². The minimum atomic E-state index is -4.70. The van der Waals surface area contributed by atoms with Gasteiger partial charge in [-0.25, -0.2) is 0 Å². The molecule has 11 heteroatoms. The molecule has 0 aliphatic carbocycles. The lowest BCUT2D eigenvalue weighted by atomic mass is 10.1. The second-order valence-corrected chi connectivity index (χ2v) is 7.14. The van der Waals surface area contributed by atoms with E-state index in [1.54, 1.807) is 24.3 Å². The van der Waals surface area contributed by atoms with E-state index in [-0.39, 0.29) is 12.4 Å². The lowest BCUT2D eigenvalue weighted by molar-refractivity contribution is -0.159.